The lowest BCUT2D eigenvalue weighted by Gasteiger charge is -2.48. The Morgan fingerprint density at radius 1 is 1.10 bits per heavy atom. The number of nitrogens with zero attached hydrogens (tertiary/aromatic N) is 5. The summed E-state index contributed by atoms with van der Waals surface area (Å²) in [5.74, 6) is 0.422. The lowest BCUT2D eigenvalue weighted by atomic mass is 9.92. The number of imidazole rings is 1. The van der Waals surface area contributed by atoms with Crippen LogP contribution in [0, 0.1) is 11.7 Å². The monoisotopic (exact) mass is 594 g/mol. The number of fused-ring (bicyclic) bond motifs is 1. The normalized spacial score (nSPS) is 24.7. The van der Waals surface area contributed by atoms with Gasteiger partial charge in [-0.1, -0.05) is 43.0 Å². The number of sulfonamides is 1. The second-order valence-corrected chi connectivity index (χ2v) is 14.2. The molecule has 0 saturated carbocycles. The van der Waals surface area contributed by atoms with Crippen molar-refractivity contribution in [1.82, 2.24) is 23.7 Å². The van der Waals surface area contributed by atoms with Crippen LogP contribution in [0.4, 0.5) is 10.2 Å². The molecule has 0 radical (unpaired) electrons. The molecule has 2 saturated heterocycles. The predicted molar refractivity (Wildman–Crippen MR) is 161 cm³/mol. The summed E-state index contributed by atoms with van der Waals surface area (Å²) < 4.78 is 45.5. The number of allylic oxidation sites excluding steroid dienone is 2. The van der Waals surface area contributed by atoms with Crippen molar-refractivity contribution in [3.63, 3.8) is 0 Å². The fourth-order valence-corrected chi connectivity index (χ4v) is 9.41. The molecule has 6 rings (SSSR count). The zero-order chi connectivity index (χ0) is 28.6. The zero-order valence-corrected chi connectivity index (χ0v) is 24.9. The van der Waals surface area contributed by atoms with E-state index < -0.39 is 10.0 Å². The van der Waals surface area contributed by atoms with Crippen LogP contribution in [0.25, 0.3) is 0 Å². The summed E-state index contributed by atoms with van der Waals surface area (Å²) in [7, 11) is -3.64. The summed E-state index contributed by atoms with van der Waals surface area (Å²) in [4.78, 5) is 11.3. The lowest BCUT2D eigenvalue weighted by Crippen LogP contribution is -2.57. The van der Waals surface area contributed by atoms with Crippen LogP contribution in [0.3, 0.4) is 0 Å². The van der Waals surface area contributed by atoms with Gasteiger partial charge < -0.3 is 9.88 Å². The summed E-state index contributed by atoms with van der Waals surface area (Å²) in [6.07, 6.45) is 12.3. The number of anilines is 1. The molecule has 0 bridgehead atoms. The van der Waals surface area contributed by atoms with Gasteiger partial charge in [0.25, 0.3) is 0 Å². The highest BCUT2D eigenvalue weighted by atomic mass is 32.3. The van der Waals surface area contributed by atoms with Crippen LogP contribution in [0.2, 0.25) is 0 Å². The lowest BCUT2D eigenvalue weighted by molar-refractivity contribution is 0.0324. The van der Waals surface area contributed by atoms with E-state index in [4.69, 9.17) is 0 Å². The fraction of sp³-hybridized carbons (Fsp3) is 0.400. The number of piperazine rings is 1. The molecule has 3 aliphatic heterocycles. The smallest absolute Gasteiger partial charge is 0.249 e. The SMILES string of the molecule is CC1C=C(Nc2ccccn2)SC(S(=O)(=O)N2CCN3C(CCCC3c3cncn3[C@H](C)c3ccc(F)cc3)C2)=C1. The highest BCUT2D eigenvalue weighted by molar-refractivity contribution is 8.20. The van der Waals surface area contributed by atoms with Gasteiger partial charge in [0, 0.05) is 38.1 Å². The van der Waals surface area contributed by atoms with E-state index in [1.165, 1.54) is 23.9 Å². The van der Waals surface area contributed by atoms with E-state index in [9.17, 15) is 12.8 Å². The standard InChI is InChI=1S/C30H35FN6O2S2/c1-21-16-29(34-28-8-3-4-13-33-28)40-30(17-21)41(38,39)35-14-15-36-25(19-35)6-5-7-26(36)27-18-32-20-37(27)22(2)23-9-11-24(31)12-10-23/h3-4,8-13,16-18,20-22,25-26H,5-7,14-15,19H2,1-2H3,(H,33,34)/t21?,22-,25?,26?/m1/s1. The van der Waals surface area contributed by atoms with E-state index in [1.54, 1.807) is 10.5 Å². The van der Waals surface area contributed by atoms with Gasteiger partial charge in [0.15, 0.2) is 0 Å². The van der Waals surface area contributed by atoms with Gasteiger partial charge in [-0.15, -0.1) is 0 Å². The minimum atomic E-state index is -3.64. The average Bonchev–Trinajstić information content (AvgIpc) is 3.47. The summed E-state index contributed by atoms with van der Waals surface area (Å²) in [6.45, 7) is 5.67. The number of thioether (sulfide) groups is 1. The number of nitrogens with one attached hydrogen (secondary N) is 1. The van der Waals surface area contributed by atoms with Crippen LogP contribution in [0.1, 0.15) is 56.5 Å². The van der Waals surface area contributed by atoms with Gasteiger partial charge in [-0.25, -0.2) is 22.8 Å². The first-order chi connectivity index (χ1) is 19.8. The quantitative estimate of drug-likeness (QED) is 0.373. The minimum absolute atomic E-state index is 0.00865. The van der Waals surface area contributed by atoms with Crippen molar-refractivity contribution in [3.8, 4) is 0 Å². The number of pyridine rings is 1. The molecule has 216 valence electrons. The van der Waals surface area contributed by atoms with Crippen molar-refractivity contribution in [2.45, 2.75) is 51.2 Å². The van der Waals surface area contributed by atoms with Crippen molar-refractivity contribution >= 4 is 27.6 Å². The second-order valence-electron chi connectivity index (χ2n) is 11.0. The molecule has 0 spiro atoms. The van der Waals surface area contributed by atoms with E-state index in [1.807, 2.05) is 61.9 Å². The van der Waals surface area contributed by atoms with Crippen molar-refractivity contribution in [2.24, 2.45) is 5.92 Å². The van der Waals surface area contributed by atoms with E-state index in [0.29, 0.717) is 29.7 Å². The Morgan fingerprint density at radius 2 is 1.93 bits per heavy atom. The third-order valence-electron chi connectivity index (χ3n) is 8.25. The molecule has 11 heteroatoms. The average molecular weight is 595 g/mol. The summed E-state index contributed by atoms with van der Waals surface area (Å²) in [5, 5.41) is 4.04. The third-order valence-corrected chi connectivity index (χ3v) is 11.6. The van der Waals surface area contributed by atoms with Gasteiger partial charge in [0.05, 0.1) is 29.1 Å². The topological polar surface area (TPSA) is 83.4 Å². The first kappa shape index (κ1) is 28.1. The van der Waals surface area contributed by atoms with Crippen LogP contribution in [-0.4, -0.2) is 57.8 Å². The Kier molecular flexibility index (Phi) is 8.04. The number of aromatic nitrogens is 3. The molecule has 0 aliphatic carbocycles. The number of hydrogen-bond donors (Lipinski definition) is 1. The van der Waals surface area contributed by atoms with E-state index in [0.717, 1.165) is 35.5 Å². The largest absolute Gasteiger partial charge is 0.335 e. The Balaban J connectivity index is 1.17. The maximum Gasteiger partial charge on any atom is 0.249 e. The van der Waals surface area contributed by atoms with Gasteiger partial charge in [-0.3, -0.25) is 4.90 Å². The van der Waals surface area contributed by atoms with E-state index >= 15 is 0 Å². The van der Waals surface area contributed by atoms with Crippen molar-refractivity contribution in [2.75, 3.05) is 25.0 Å². The molecule has 3 aliphatic rings. The molecule has 5 heterocycles. The van der Waals surface area contributed by atoms with Gasteiger partial charge in [0.2, 0.25) is 10.0 Å². The van der Waals surface area contributed by atoms with Crippen LogP contribution >= 0.6 is 11.8 Å². The van der Waals surface area contributed by atoms with Gasteiger partial charge in [-0.05, 0) is 68.0 Å². The maximum atomic E-state index is 13.9. The zero-order valence-electron chi connectivity index (χ0n) is 23.2. The van der Waals surface area contributed by atoms with Gasteiger partial charge in [-0.2, -0.15) is 4.31 Å². The molecule has 1 N–H and O–H groups in total. The molecule has 8 nitrogen and oxygen atoms in total. The molecular weight excluding hydrogens is 560 g/mol. The summed E-state index contributed by atoms with van der Waals surface area (Å²) in [6, 6.07) is 12.5. The number of piperidine rings is 1. The number of rotatable bonds is 7. The summed E-state index contributed by atoms with van der Waals surface area (Å²) >= 11 is 1.26. The fourth-order valence-electron chi connectivity index (χ4n) is 6.13. The Labute approximate surface area is 245 Å². The molecule has 1 aromatic carbocycles. The summed E-state index contributed by atoms with van der Waals surface area (Å²) in [5.41, 5.74) is 2.14. The predicted octanol–water partition coefficient (Wildman–Crippen LogP) is 5.75. The third kappa shape index (κ3) is 5.86. The number of halogens is 1. The van der Waals surface area contributed by atoms with Crippen LogP contribution < -0.4 is 5.32 Å². The Morgan fingerprint density at radius 3 is 2.71 bits per heavy atom. The molecule has 4 atom stereocenters. The number of benzene rings is 1. The molecule has 2 aromatic heterocycles. The molecule has 0 amide bonds. The van der Waals surface area contributed by atoms with Gasteiger partial charge in [0.1, 0.15) is 15.9 Å². The molecule has 41 heavy (non-hydrogen) atoms. The highest BCUT2D eigenvalue weighted by Gasteiger charge is 2.41. The molecule has 2 fully saturated rings. The maximum absolute atomic E-state index is 13.9. The Hall–Kier alpha value is -2.99. The second kappa shape index (κ2) is 11.7. The van der Waals surface area contributed by atoms with E-state index in [-0.39, 0.29) is 29.9 Å². The Bertz CT molecular complexity index is 1540. The van der Waals surface area contributed by atoms with Gasteiger partial charge >= 0.3 is 0 Å². The van der Waals surface area contributed by atoms with Crippen LogP contribution in [0.5, 0.6) is 0 Å². The highest BCUT2D eigenvalue weighted by Crippen LogP contribution is 2.41. The van der Waals surface area contributed by atoms with Crippen LogP contribution in [-0.2, 0) is 10.0 Å². The first-order valence-electron chi connectivity index (χ1n) is 14.1. The molecule has 3 unspecified atom stereocenters. The molecular formula is C30H35FN6O2S2. The van der Waals surface area contributed by atoms with Crippen molar-refractivity contribution in [1.29, 1.82) is 0 Å². The molecule has 3 aromatic rings. The van der Waals surface area contributed by atoms with Crippen LogP contribution in [0.15, 0.2) is 82.6 Å². The minimum Gasteiger partial charge on any atom is -0.335 e. The van der Waals surface area contributed by atoms with Crippen molar-refractivity contribution in [3.05, 3.63) is 99.7 Å². The number of hydrogen-bond acceptors (Lipinski definition) is 7. The van der Waals surface area contributed by atoms with Crippen molar-refractivity contribution < 1.29 is 12.8 Å². The van der Waals surface area contributed by atoms with E-state index in [2.05, 4.69) is 31.7 Å². The first-order valence-corrected chi connectivity index (χ1v) is 16.4.